The second-order valence-electron chi connectivity index (χ2n) is 6.58. The number of hydrogen-bond acceptors (Lipinski definition) is 4. The largest absolute Gasteiger partial charge is 0.453 e. The van der Waals surface area contributed by atoms with Gasteiger partial charge in [0.25, 0.3) is 0 Å². The average Bonchev–Trinajstić information content (AvgIpc) is 3.41. The minimum Gasteiger partial charge on any atom is -0.453 e. The molecule has 1 aromatic heterocycles. The lowest BCUT2D eigenvalue weighted by molar-refractivity contribution is -0.130. The summed E-state index contributed by atoms with van der Waals surface area (Å²) >= 11 is 0. The Kier molecular flexibility index (Phi) is 11.0. The van der Waals surface area contributed by atoms with Gasteiger partial charge in [0.2, 0.25) is 5.91 Å². The van der Waals surface area contributed by atoms with Gasteiger partial charge in [-0.2, -0.15) is 0 Å². The molecule has 0 saturated heterocycles. The van der Waals surface area contributed by atoms with Crippen molar-refractivity contribution >= 4 is 12.0 Å². The molecule has 3 rings (SSSR count). The normalized spacial score (nSPS) is 14.5. The van der Waals surface area contributed by atoms with Gasteiger partial charge >= 0.3 is 6.09 Å². The number of rotatable bonds is 4. The summed E-state index contributed by atoms with van der Waals surface area (Å²) in [5.41, 5.74) is 3.01. The Hall–Kier alpha value is -3.09. The van der Waals surface area contributed by atoms with Gasteiger partial charge < -0.3 is 19.9 Å². The predicted molar refractivity (Wildman–Crippen MR) is 120 cm³/mol. The van der Waals surface area contributed by atoms with Gasteiger partial charge in [0.1, 0.15) is 18.4 Å². The van der Waals surface area contributed by atoms with Gasteiger partial charge in [-0.3, -0.25) is 4.79 Å². The van der Waals surface area contributed by atoms with Gasteiger partial charge in [-0.05, 0) is 12.5 Å². The van der Waals surface area contributed by atoms with Crippen LogP contribution in [0.3, 0.4) is 0 Å². The first-order valence-corrected chi connectivity index (χ1v) is 10.4. The van der Waals surface area contributed by atoms with Crippen LogP contribution in [0.15, 0.2) is 48.2 Å². The van der Waals surface area contributed by atoms with Crippen molar-refractivity contribution in [3.8, 4) is 11.3 Å². The van der Waals surface area contributed by atoms with Crippen LogP contribution in [-0.4, -0.2) is 47.1 Å². The lowest BCUT2D eigenvalue weighted by atomic mass is 10.2. The van der Waals surface area contributed by atoms with Gasteiger partial charge in [-0.1, -0.05) is 76.1 Å². The van der Waals surface area contributed by atoms with Crippen molar-refractivity contribution in [1.82, 2.24) is 20.2 Å². The Morgan fingerprint density at radius 3 is 2.47 bits per heavy atom. The highest BCUT2D eigenvalue weighted by atomic mass is 16.5. The molecular formula is C23H34N4O3. The highest BCUT2D eigenvalue weighted by Crippen LogP contribution is 2.29. The van der Waals surface area contributed by atoms with Crippen LogP contribution in [0.25, 0.3) is 11.3 Å². The summed E-state index contributed by atoms with van der Waals surface area (Å²) < 4.78 is 4.50. The van der Waals surface area contributed by atoms with E-state index in [9.17, 15) is 9.59 Å². The topological polar surface area (TPSA) is 87.3 Å². The average molecular weight is 415 g/mol. The van der Waals surface area contributed by atoms with Crippen LogP contribution in [0.4, 0.5) is 4.79 Å². The number of ether oxygens (including phenoxy) is 1. The molecule has 2 aromatic rings. The fourth-order valence-electron chi connectivity index (χ4n) is 2.82. The third kappa shape index (κ3) is 7.06. The number of hydrogen-bond donors (Lipinski definition) is 2. The molecule has 7 heteroatoms. The molecule has 1 aliphatic rings. The van der Waals surface area contributed by atoms with Crippen molar-refractivity contribution in [2.45, 2.75) is 47.1 Å². The van der Waals surface area contributed by atoms with Crippen molar-refractivity contribution in [1.29, 1.82) is 0 Å². The Morgan fingerprint density at radius 2 is 1.87 bits per heavy atom. The molecule has 0 aliphatic carbocycles. The molecular weight excluding hydrogens is 380 g/mol. The van der Waals surface area contributed by atoms with Crippen LogP contribution in [-0.2, 0) is 9.53 Å². The number of imidazole rings is 1. The quantitative estimate of drug-likeness (QED) is 0.710. The van der Waals surface area contributed by atoms with E-state index in [0.29, 0.717) is 12.4 Å². The van der Waals surface area contributed by atoms with Crippen molar-refractivity contribution in [2.75, 3.05) is 20.2 Å². The molecule has 7 nitrogen and oxygen atoms in total. The van der Waals surface area contributed by atoms with Crippen LogP contribution in [0.1, 0.15) is 52.9 Å². The lowest BCUT2D eigenvalue weighted by Gasteiger charge is -2.23. The number of alkyl carbamates (subject to hydrolysis) is 1. The molecule has 1 unspecified atom stereocenters. The first-order valence-electron chi connectivity index (χ1n) is 10.4. The molecule has 1 aliphatic heterocycles. The Bertz CT molecular complexity index is 815. The number of H-pyrrole nitrogens is 1. The Labute approximate surface area is 179 Å². The number of carbonyl (C=O) groups is 2. The molecule has 164 valence electrons. The molecule has 2 amide bonds. The summed E-state index contributed by atoms with van der Waals surface area (Å²) in [6.45, 7) is 10.6. The minimum atomic E-state index is -0.627. The van der Waals surface area contributed by atoms with E-state index in [-0.39, 0.29) is 18.5 Å². The van der Waals surface area contributed by atoms with E-state index in [1.807, 2.05) is 57.2 Å². The van der Waals surface area contributed by atoms with Crippen molar-refractivity contribution in [3.63, 3.8) is 0 Å². The number of amides is 2. The standard InChI is InChI=1S/C18H20N4O3.C3H8.C2H6/c1-12-8-15(22(11-12)16(23)10-20-18(24)25-2)17-19-9-14(21-17)13-6-4-3-5-7-13;1-3-2;1-2/h3-9,15H,10-11H2,1-2H3,(H,19,21)(H,20,24);3H2,1-2H3;1-2H3. The van der Waals surface area contributed by atoms with Crippen LogP contribution in [0.2, 0.25) is 0 Å². The summed E-state index contributed by atoms with van der Waals surface area (Å²) in [7, 11) is 1.26. The van der Waals surface area contributed by atoms with Crippen LogP contribution >= 0.6 is 0 Å². The molecule has 0 radical (unpaired) electrons. The van der Waals surface area contributed by atoms with Crippen molar-refractivity contribution in [2.24, 2.45) is 0 Å². The number of carbonyl (C=O) groups excluding carboxylic acids is 2. The summed E-state index contributed by atoms with van der Waals surface area (Å²) in [6.07, 6.45) is 4.39. The molecule has 2 heterocycles. The number of aromatic amines is 1. The van der Waals surface area contributed by atoms with Gasteiger partial charge in [-0.25, -0.2) is 9.78 Å². The third-order valence-electron chi connectivity index (χ3n) is 4.05. The summed E-state index contributed by atoms with van der Waals surface area (Å²) in [4.78, 5) is 33.0. The van der Waals surface area contributed by atoms with Gasteiger partial charge in [0.05, 0.1) is 19.0 Å². The SMILES string of the molecule is CC.CCC.COC(=O)NCC(=O)N1CC(C)=CC1c1ncc(-c2ccccc2)[nH]1. The van der Waals surface area contributed by atoms with Crippen LogP contribution in [0, 0.1) is 0 Å². The number of benzene rings is 1. The zero-order chi connectivity index (χ0) is 22.5. The maximum absolute atomic E-state index is 12.5. The zero-order valence-electron chi connectivity index (χ0n) is 18.9. The van der Waals surface area contributed by atoms with E-state index in [4.69, 9.17) is 0 Å². The fourth-order valence-corrected chi connectivity index (χ4v) is 2.82. The molecule has 30 heavy (non-hydrogen) atoms. The van der Waals surface area contributed by atoms with Gasteiger partial charge in [0.15, 0.2) is 0 Å². The third-order valence-corrected chi connectivity index (χ3v) is 4.05. The van der Waals surface area contributed by atoms with Gasteiger partial charge in [0, 0.05) is 6.54 Å². The molecule has 1 atom stereocenters. The number of nitrogens with zero attached hydrogens (tertiary/aromatic N) is 2. The second kappa shape index (κ2) is 13.2. The first-order chi connectivity index (χ1) is 14.5. The fraction of sp³-hybridized carbons (Fsp3) is 0.435. The summed E-state index contributed by atoms with van der Waals surface area (Å²) in [5, 5.41) is 2.42. The van der Waals surface area contributed by atoms with Crippen molar-refractivity contribution < 1.29 is 14.3 Å². The zero-order valence-corrected chi connectivity index (χ0v) is 18.9. The first kappa shape index (κ1) is 24.9. The highest BCUT2D eigenvalue weighted by molar-refractivity contribution is 5.83. The minimum absolute atomic E-state index is 0.115. The second-order valence-corrected chi connectivity index (χ2v) is 6.58. The van der Waals surface area contributed by atoms with Crippen molar-refractivity contribution in [3.05, 3.63) is 54.0 Å². The number of aromatic nitrogens is 2. The molecule has 0 fully saturated rings. The molecule has 1 aromatic carbocycles. The van der Waals surface area contributed by atoms with E-state index in [0.717, 1.165) is 16.8 Å². The maximum Gasteiger partial charge on any atom is 0.407 e. The highest BCUT2D eigenvalue weighted by Gasteiger charge is 2.30. The van der Waals surface area contributed by atoms with E-state index in [2.05, 4.69) is 33.9 Å². The Balaban J connectivity index is 0.000000826. The van der Waals surface area contributed by atoms with Crippen LogP contribution < -0.4 is 5.32 Å². The van der Waals surface area contributed by atoms with E-state index in [1.165, 1.54) is 13.5 Å². The maximum atomic E-state index is 12.5. The molecule has 0 spiro atoms. The molecule has 0 saturated carbocycles. The summed E-state index contributed by atoms with van der Waals surface area (Å²) in [5.74, 6) is 0.503. The van der Waals surface area contributed by atoms with E-state index in [1.54, 1.807) is 11.1 Å². The van der Waals surface area contributed by atoms with Crippen LogP contribution in [0.5, 0.6) is 0 Å². The smallest absolute Gasteiger partial charge is 0.407 e. The van der Waals surface area contributed by atoms with Gasteiger partial charge in [-0.15, -0.1) is 0 Å². The molecule has 2 N–H and O–H groups in total. The molecule has 0 bridgehead atoms. The summed E-state index contributed by atoms with van der Waals surface area (Å²) in [6, 6.07) is 9.60. The monoisotopic (exact) mass is 414 g/mol. The Morgan fingerprint density at radius 1 is 1.23 bits per heavy atom. The number of methoxy groups -OCH3 is 1. The van der Waals surface area contributed by atoms with E-state index >= 15 is 0 Å². The number of nitrogens with one attached hydrogen (secondary N) is 2. The predicted octanol–water partition coefficient (Wildman–Crippen LogP) is 4.70. The lowest BCUT2D eigenvalue weighted by Crippen LogP contribution is -2.40. The van der Waals surface area contributed by atoms with E-state index < -0.39 is 6.09 Å².